The fourth-order valence-electron chi connectivity index (χ4n) is 1.78. The summed E-state index contributed by atoms with van der Waals surface area (Å²) >= 11 is 1.47. The average Bonchev–Trinajstić information content (AvgIpc) is 3.05. The van der Waals surface area contributed by atoms with Gasteiger partial charge in [0.2, 0.25) is 0 Å². The summed E-state index contributed by atoms with van der Waals surface area (Å²) in [5, 5.41) is 1.00. The minimum Gasteiger partial charge on any atom is -0.456 e. The average molecular weight is 258 g/mol. The number of carbonyl (C=O) groups is 1. The first-order chi connectivity index (χ1) is 8.84. The smallest absolute Gasteiger partial charge is 0.340 e. The topological polar surface area (TPSA) is 55.0 Å². The predicted octanol–water partition coefficient (Wildman–Crippen LogP) is 2.98. The molecule has 0 atom stereocenters. The minimum atomic E-state index is -0.323. The molecule has 0 saturated heterocycles. The van der Waals surface area contributed by atoms with Crippen molar-refractivity contribution in [2.24, 2.45) is 0 Å². The molecular formula is C13H10N2O2S. The first-order valence-electron chi connectivity index (χ1n) is 5.45. The molecule has 0 saturated carbocycles. The van der Waals surface area contributed by atoms with Gasteiger partial charge in [-0.25, -0.2) is 4.79 Å². The lowest BCUT2D eigenvalue weighted by atomic mass is 10.1. The van der Waals surface area contributed by atoms with Crippen molar-refractivity contribution >= 4 is 28.2 Å². The Morgan fingerprint density at radius 2 is 2.33 bits per heavy atom. The number of ether oxygens (including phenoxy) is 1. The second-order valence-corrected chi connectivity index (χ2v) is 4.76. The molecule has 2 aromatic heterocycles. The van der Waals surface area contributed by atoms with Crippen molar-refractivity contribution in [2.75, 3.05) is 0 Å². The quantitative estimate of drug-likeness (QED) is 0.735. The van der Waals surface area contributed by atoms with Gasteiger partial charge in [-0.3, -0.25) is 4.98 Å². The molecule has 18 heavy (non-hydrogen) atoms. The van der Waals surface area contributed by atoms with E-state index in [1.165, 1.54) is 11.3 Å². The number of hydrogen-bond donors (Lipinski definition) is 1. The molecule has 1 N–H and O–H groups in total. The van der Waals surface area contributed by atoms with Crippen LogP contribution in [0.15, 0.2) is 42.2 Å². The first-order valence-corrected chi connectivity index (χ1v) is 6.33. The van der Waals surface area contributed by atoms with Gasteiger partial charge in [0.15, 0.2) is 0 Å². The van der Waals surface area contributed by atoms with Crippen LogP contribution in [0.4, 0.5) is 0 Å². The molecule has 0 amide bonds. The van der Waals surface area contributed by atoms with Crippen LogP contribution >= 0.6 is 11.3 Å². The van der Waals surface area contributed by atoms with Crippen molar-refractivity contribution in [1.29, 1.82) is 0 Å². The van der Waals surface area contributed by atoms with Crippen LogP contribution in [0.5, 0.6) is 0 Å². The summed E-state index contributed by atoms with van der Waals surface area (Å²) in [6.07, 6.45) is 3.51. The lowest BCUT2D eigenvalue weighted by molar-refractivity contribution is 0.0479. The highest BCUT2D eigenvalue weighted by Gasteiger charge is 2.12. The second-order valence-electron chi connectivity index (χ2n) is 3.79. The molecule has 0 radical (unpaired) electrons. The number of H-pyrrole nitrogens is 1. The van der Waals surface area contributed by atoms with E-state index in [-0.39, 0.29) is 12.6 Å². The van der Waals surface area contributed by atoms with Crippen molar-refractivity contribution in [1.82, 2.24) is 9.97 Å². The summed E-state index contributed by atoms with van der Waals surface area (Å²) in [7, 11) is 0. The van der Waals surface area contributed by atoms with E-state index in [9.17, 15) is 4.79 Å². The normalized spacial score (nSPS) is 10.7. The van der Waals surface area contributed by atoms with E-state index >= 15 is 0 Å². The Hall–Kier alpha value is -2.14. The molecule has 0 unspecified atom stereocenters. The van der Waals surface area contributed by atoms with Crippen molar-refractivity contribution < 1.29 is 9.53 Å². The molecular weight excluding hydrogens is 248 g/mol. The number of nitrogens with zero attached hydrogens (tertiary/aromatic N) is 1. The lowest BCUT2D eigenvalue weighted by Crippen LogP contribution is -2.05. The third-order valence-electron chi connectivity index (χ3n) is 2.64. The van der Waals surface area contributed by atoms with Crippen LogP contribution in [0, 0.1) is 0 Å². The van der Waals surface area contributed by atoms with E-state index < -0.39 is 0 Å². The molecule has 4 nitrogen and oxygen atoms in total. The SMILES string of the molecule is O=C(OCc1cncs1)c1cccc2cc[nH]c12. The first kappa shape index (κ1) is 11.0. The maximum Gasteiger partial charge on any atom is 0.340 e. The molecule has 0 bridgehead atoms. The van der Waals surface area contributed by atoms with Crippen LogP contribution in [-0.2, 0) is 11.3 Å². The van der Waals surface area contributed by atoms with E-state index in [4.69, 9.17) is 4.74 Å². The van der Waals surface area contributed by atoms with Crippen LogP contribution in [0.3, 0.4) is 0 Å². The Balaban J connectivity index is 1.81. The lowest BCUT2D eigenvalue weighted by Gasteiger charge is -2.04. The summed E-state index contributed by atoms with van der Waals surface area (Å²) in [5.41, 5.74) is 3.09. The zero-order chi connectivity index (χ0) is 12.4. The van der Waals surface area contributed by atoms with Gasteiger partial charge >= 0.3 is 5.97 Å². The van der Waals surface area contributed by atoms with Gasteiger partial charge in [0.1, 0.15) is 6.61 Å². The maximum absolute atomic E-state index is 12.0. The molecule has 0 spiro atoms. The zero-order valence-corrected chi connectivity index (χ0v) is 10.2. The van der Waals surface area contributed by atoms with Crippen molar-refractivity contribution in [3.63, 3.8) is 0 Å². The Bertz CT molecular complexity index is 673. The molecule has 0 aliphatic heterocycles. The number of thiazole rings is 1. The van der Waals surface area contributed by atoms with Crippen LogP contribution in [0.1, 0.15) is 15.2 Å². The number of rotatable bonds is 3. The molecule has 2 heterocycles. The maximum atomic E-state index is 12.0. The van der Waals surface area contributed by atoms with E-state index in [0.29, 0.717) is 5.56 Å². The Morgan fingerprint density at radius 1 is 1.39 bits per heavy atom. The van der Waals surface area contributed by atoms with Gasteiger partial charge in [0, 0.05) is 17.8 Å². The second kappa shape index (κ2) is 4.62. The molecule has 0 fully saturated rings. The fourth-order valence-corrected chi connectivity index (χ4v) is 2.29. The molecule has 1 aromatic carbocycles. The number of benzene rings is 1. The standard InChI is InChI=1S/C13H10N2O2S/c16-13(17-7-10-6-14-8-18-10)11-3-1-2-9-4-5-15-12(9)11/h1-6,8,15H,7H2. The molecule has 0 aliphatic carbocycles. The number of aromatic amines is 1. The van der Waals surface area contributed by atoms with Gasteiger partial charge < -0.3 is 9.72 Å². The van der Waals surface area contributed by atoms with Gasteiger partial charge in [0.25, 0.3) is 0 Å². The van der Waals surface area contributed by atoms with Gasteiger partial charge in [0.05, 0.1) is 21.5 Å². The van der Waals surface area contributed by atoms with Crippen molar-refractivity contribution in [3.05, 3.63) is 52.6 Å². The van der Waals surface area contributed by atoms with Crippen LogP contribution < -0.4 is 0 Å². The Morgan fingerprint density at radius 3 is 3.17 bits per heavy atom. The molecule has 5 heteroatoms. The number of nitrogens with one attached hydrogen (secondary N) is 1. The van der Waals surface area contributed by atoms with Gasteiger partial charge in [-0.05, 0) is 12.1 Å². The number of para-hydroxylation sites is 1. The summed E-state index contributed by atoms with van der Waals surface area (Å²) in [6.45, 7) is 0.264. The number of fused-ring (bicyclic) bond motifs is 1. The number of carbonyl (C=O) groups excluding carboxylic acids is 1. The molecule has 0 aliphatic rings. The largest absolute Gasteiger partial charge is 0.456 e. The molecule has 3 aromatic rings. The highest BCUT2D eigenvalue weighted by atomic mass is 32.1. The molecule has 90 valence electrons. The van der Waals surface area contributed by atoms with Gasteiger partial charge in [-0.1, -0.05) is 12.1 Å². The van der Waals surface area contributed by atoms with E-state index in [1.807, 2.05) is 24.4 Å². The van der Waals surface area contributed by atoms with E-state index in [1.54, 1.807) is 17.8 Å². The van der Waals surface area contributed by atoms with Crippen molar-refractivity contribution in [2.45, 2.75) is 6.61 Å². The Kier molecular flexibility index (Phi) is 2.82. The van der Waals surface area contributed by atoms with Crippen LogP contribution in [0.25, 0.3) is 10.9 Å². The summed E-state index contributed by atoms with van der Waals surface area (Å²) < 4.78 is 5.26. The predicted molar refractivity (Wildman–Crippen MR) is 69.5 cm³/mol. The fraction of sp³-hybridized carbons (Fsp3) is 0.0769. The van der Waals surface area contributed by atoms with E-state index in [0.717, 1.165) is 15.8 Å². The minimum absolute atomic E-state index is 0.264. The zero-order valence-electron chi connectivity index (χ0n) is 9.42. The monoisotopic (exact) mass is 258 g/mol. The summed E-state index contributed by atoms with van der Waals surface area (Å²) in [6, 6.07) is 7.48. The number of aromatic nitrogens is 2. The summed E-state index contributed by atoms with van der Waals surface area (Å²) in [4.78, 5) is 19.9. The van der Waals surface area contributed by atoms with Crippen molar-refractivity contribution in [3.8, 4) is 0 Å². The van der Waals surface area contributed by atoms with E-state index in [2.05, 4.69) is 9.97 Å². The summed E-state index contributed by atoms with van der Waals surface area (Å²) in [5.74, 6) is -0.323. The third-order valence-corrected chi connectivity index (χ3v) is 3.39. The third kappa shape index (κ3) is 2.00. The van der Waals surface area contributed by atoms with Gasteiger partial charge in [-0.15, -0.1) is 11.3 Å². The number of hydrogen-bond acceptors (Lipinski definition) is 4. The molecule has 3 rings (SSSR count). The van der Waals surface area contributed by atoms with Crippen LogP contribution in [0.2, 0.25) is 0 Å². The highest BCUT2D eigenvalue weighted by Crippen LogP contribution is 2.18. The highest BCUT2D eigenvalue weighted by molar-refractivity contribution is 7.09. The van der Waals surface area contributed by atoms with Crippen LogP contribution in [-0.4, -0.2) is 15.9 Å². The Labute approximate surface area is 107 Å². The van der Waals surface area contributed by atoms with Gasteiger partial charge in [-0.2, -0.15) is 0 Å². The number of esters is 1.